The Kier molecular flexibility index (Phi) is 3.28. The van der Waals surface area contributed by atoms with Crippen LogP contribution < -0.4 is 5.56 Å². The predicted octanol–water partition coefficient (Wildman–Crippen LogP) is 3.24. The highest BCUT2D eigenvalue weighted by molar-refractivity contribution is 9.10. The molecule has 2 aromatic heterocycles. The molecule has 4 nitrogen and oxygen atoms in total. The maximum absolute atomic E-state index is 12.2. The standard InChI is InChI=1S/C15H10BrNO3/c16-11-5-3-7-17(15(11)19)9-12(18)14-8-10-4-1-2-6-13(10)20-14/h1-8H,9H2. The van der Waals surface area contributed by atoms with E-state index in [9.17, 15) is 9.59 Å². The van der Waals surface area contributed by atoms with Gasteiger partial charge in [-0.05, 0) is 40.2 Å². The quantitative estimate of drug-likeness (QED) is 0.692. The number of aromatic nitrogens is 1. The number of pyridine rings is 1. The molecule has 0 aliphatic rings. The number of hydrogen-bond donors (Lipinski definition) is 0. The van der Waals surface area contributed by atoms with Crippen molar-refractivity contribution in [1.29, 1.82) is 0 Å². The third-order valence-electron chi connectivity index (χ3n) is 2.99. The van der Waals surface area contributed by atoms with Crippen molar-refractivity contribution in [2.45, 2.75) is 6.54 Å². The maximum Gasteiger partial charge on any atom is 0.265 e. The minimum atomic E-state index is -0.239. The molecule has 20 heavy (non-hydrogen) atoms. The second-order valence-corrected chi connectivity index (χ2v) is 5.22. The van der Waals surface area contributed by atoms with E-state index in [1.165, 1.54) is 4.57 Å². The van der Waals surface area contributed by atoms with Crippen molar-refractivity contribution in [1.82, 2.24) is 4.57 Å². The van der Waals surface area contributed by atoms with Crippen molar-refractivity contribution in [3.05, 3.63) is 69.2 Å². The summed E-state index contributed by atoms with van der Waals surface area (Å²) in [6.45, 7) is -0.0436. The molecular formula is C15H10BrNO3. The van der Waals surface area contributed by atoms with Crippen LogP contribution in [0.5, 0.6) is 0 Å². The fourth-order valence-electron chi connectivity index (χ4n) is 1.98. The smallest absolute Gasteiger partial charge is 0.265 e. The molecule has 5 heteroatoms. The number of furan rings is 1. The highest BCUT2D eigenvalue weighted by atomic mass is 79.9. The van der Waals surface area contributed by atoms with E-state index in [2.05, 4.69) is 15.9 Å². The first-order valence-electron chi connectivity index (χ1n) is 6.02. The number of Topliss-reactive ketones (excluding diaryl/α,β-unsaturated/α-hetero) is 1. The van der Waals surface area contributed by atoms with Crippen LogP contribution in [-0.4, -0.2) is 10.4 Å². The first kappa shape index (κ1) is 12.9. The van der Waals surface area contributed by atoms with E-state index in [0.29, 0.717) is 10.1 Å². The van der Waals surface area contributed by atoms with Gasteiger partial charge in [0.2, 0.25) is 5.78 Å². The lowest BCUT2D eigenvalue weighted by Crippen LogP contribution is -2.23. The van der Waals surface area contributed by atoms with Gasteiger partial charge in [0.25, 0.3) is 5.56 Å². The summed E-state index contributed by atoms with van der Waals surface area (Å²) in [4.78, 5) is 24.0. The first-order chi connectivity index (χ1) is 9.65. The fraction of sp³-hybridized carbons (Fsp3) is 0.0667. The van der Waals surface area contributed by atoms with Crippen LogP contribution in [0.1, 0.15) is 10.6 Å². The van der Waals surface area contributed by atoms with Gasteiger partial charge >= 0.3 is 0 Å². The average Bonchev–Trinajstić information content (AvgIpc) is 2.88. The maximum atomic E-state index is 12.2. The molecule has 0 saturated carbocycles. The van der Waals surface area contributed by atoms with Crippen LogP contribution in [0.15, 0.2) is 62.3 Å². The Labute approximate surface area is 122 Å². The summed E-state index contributed by atoms with van der Waals surface area (Å²) in [6, 6.07) is 12.4. The third kappa shape index (κ3) is 2.32. The van der Waals surface area contributed by atoms with E-state index in [0.717, 1.165) is 5.39 Å². The lowest BCUT2D eigenvalue weighted by atomic mass is 10.2. The van der Waals surface area contributed by atoms with E-state index < -0.39 is 0 Å². The van der Waals surface area contributed by atoms with Crippen molar-refractivity contribution in [3.63, 3.8) is 0 Å². The monoisotopic (exact) mass is 331 g/mol. The second kappa shape index (κ2) is 5.09. The molecule has 0 fully saturated rings. The molecular weight excluding hydrogens is 322 g/mol. The zero-order valence-electron chi connectivity index (χ0n) is 10.4. The summed E-state index contributed by atoms with van der Waals surface area (Å²) >= 11 is 3.15. The van der Waals surface area contributed by atoms with Crippen molar-refractivity contribution in [3.8, 4) is 0 Å². The van der Waals surface area contributed by atoms with Crippen LogP contribution in [0.25, 0.3) is 11.0 Å². The van der Waals surface area contributed by atoms with Gasteiger partial charge in [0.05, 0.1) is 11.0 Å². The number of carbonyl (C=O) groups excluding carboxylic acids is 1. The second-order valence-electron chi connectivity index (χ2n) is 4.36. The molecule has 0 bridgehead atoms. The molecule has 0 amide bonds. The molecule has 0 aliphatic carbocycles. The Balaban J connectivity index is 1.93. The van der Waals surface area contributed by atoms with Crippen LogP contribution in [0.3, 0.4) is 0 Å². The molecule has 0 atom stereocenters. The van der Waals surface area contributed by atoms with E-state index >= 15 is 0 Å². The Morgan fingerprint density at radius 1 is 1.20 bits per heavy atom. The van der Waals surface area contributed by atoms with Crippen molar-refractivity contribution in [2.75, 3.05) is 0 Å². The molecule has 0 N–H and O–H groups in total. The van der Waals surface area contributed by atoms with Gasteiger partial charge in [-0.3, -0.25) is 9.59 Å². The number of para-hydroxylation sites is 1. The lowest BCUT2D eigenvalue weighted by Gasteiger charge is -2.03. The molecule has 0 unspecified atom stereocenters. The average molecular weight is 332 g/mol. The summed E-state index contributed by atoms with van der Waals surface area (Å²) in [6.07, 6.45) is 1.58. The number of ketones is 1. The molecule has 0 aliphatic heterocycles. The van der Waals surface area contributed by atoms with Crippen LogP contribution in [0.2, 0.25) is 0 Å². The summed E-state index contributed by atoms with van der Waals surface area (Å²) in [5.41, 5.74) is 0.425. The first-order valence-corrected chi connectivity index (χ1v) is 6.81. The number of hydrogen-bond acceptors (Lipinski definition) is 3. The topological polar surface area (TPSA) is 52.2 Å². The molecule has 0 saturated heterocycles. The van der Waals surface area contributed by atoms with Gasteiger partial charge < -0.3 is 8.98 Å². The number of fused-ring (bicyclic) bond motifs is 1. The van der Waals surface area contributed by atoms with Crippen molar-refractivity contribution in [2.24, 2.45) is 0 Å². The Hall–Kier alpha value is -2.14. The van der Waals surface area contributed by atoms with Gasteiger partial charge in [0.1, 0.15) is 5.58 Å². The van der Waals surface area contributed by atoms with Crippen LogP contribution in [-0.2, 0) is 6.54 Å². The Morgan fingerprint density at radius 2 is 2.00 bits per heavy atom. The third-order valence-corrected chi connectivity index (χ3v) is 3.59. The number of carbonyl (C=O) groups is 1. The normalized spacial score (nSPS) is 10.8. The van der Waals surface area contributed by atoms with Crippen molar-refractivity contribution < 1.29 is 9.21 Å². The summed E-state index contributed by atoms with van der Waals surface area (Å²) < 4.78 is 7.27. The highest BCUT2D eigenvalue weighted by Crippen LogP contribution is 2.19. The van der Waals surface area contributed by atoms with Gasteiger partial charge in [-0.15, -0.1) is 0 Å². The van der Waals surface area contributed by atoms with E-state index in [1.807, 2.05) is 18.2 Å². The number of nitrogens with zero attached hydrogens (tertiary/aromatic N) is 1. The molecule has 2 heterocycles. The molecule has 3 rings (SSSR count). The zero-order chi connectivity index (χ0) is 14.1. The van der Waals surface area contributed by atoms with E-state index in [1.54, 1.807) is 30.5 Å². The minimum Gasteiger partial charge on any atom is -0.453 e. The molecule has 0 radical (unpaired) electrons. The summed E-state index contributed by atoms with van der Waals surface area (Å²) in [5, 5.41) is 0.873. The molecule has 1 aromatic carbocycles. The number of benzene rings is 1. The molecule has 100 valence electrons. The predicted molar refractivity (Wildman–Crippen MR) is 78.9 cm³/mol. The SMILES string of the molecule is O=C(Cn1cccc(Br)c1=O)c1cc2ccccc2o1. The Morgan fingerprint density at radius 3 is 2.80 bits per heavy atom. The highest BCUT2D eigenvalue weighted by Gasteiger charge is 2.13. The van der Waals surface area contributed by atoms with Crippen LogP contribution in [0.4, 0.5) is 0 Å². The zero-order valence-corrected chi connectivity index (χ0v) is 12.0. The molecule has 0 spiro atoms. The van der Waals surface area contributed by atoms with Gasteiger partial charge in [-0.25, -0.2) is 0 Å². The van der Waals surface area contributed by atoms with Gasteiger partial charge in [0, 0.05) is 11.6 Å². The number of halogens is 1. The van der Waals surface area contributed by atoms with E-state index in [4.69, 9.17) is 4.42 Å². The van der Waals surface area contributed by atoms with E-state index in [-0.39, 0.29) is 23.6 Å². The summed E-state index contributed by atoms with van der Waals surface area (Å²) in [5.74, 6) is 0.0273. The minimum absolute atomic E-state index is 0.0436. The van der Waals surface area contributed by atoms with Gasteiger partial charge in [-0.1, -0.05) is 18.2 Å². The Bertz CT molecular complexity index is 814. The number of rotatable bonds is 3. The molecule has 3 aromatic rings. The van der Waals surface area contributed by atoms with Crippen LogP contribution in [0, 0.1) is 0 Å². The fourth-order valence-corrected chi connectivity index (χ4v) is 2.36. The van der Waals surface area contributed by atoms with Gasteiger partial charge in [0.15, 0.2) is 5.76 Å². The van der Waals surface area contributed by atoms with Crippen molar-refractivity contribution >= 4 is 32.7 Å². The lowest BCUT2D eigenvalue weighted by molar-refractivity contribution is 0.0946. The van der Waals surface area contributed by atoms with Crippen LogP contribution >= 0.6 is 15.9 Å². The summed E-state index contributed by atoms with van der Waals surface area (Å²) in [7, 11) is 0. The van der Waals surface area contributed by atoms with Gasteiger partial charge in [-0.2, -0.15) is 0 Å². The largest absolute Gasteiger partial charge is 0.453 e.